The van der Waals surface area contributed by atoms with E-state index in [4.69, 9.17) is 9.47 Å². The Hall–Kier alpha value is -2.49. The molecule has 0 aliphatic rings. The first-order valence-corrected chi connectivity index (χ1v) is 7.73. The zero-order chi connectivity index (χ0) is 16.7. The summed E-state index contributed by atoms with van der Waals surface area (Å²) in [5.41, 5.74) is 1.62. The second-order valence-corrected chi connectivity index (χ2v) is 5.30. The van der Waals surface area contributed by atoms with Crippen molar-refractivity contribution in [2.45, 2.75) is 25.7 Å². The van der Waals surface area contributed by atoms with Crippen LogP contribution in [0.25, 0.3) is 0 Å². The summed E-state index contributed by atoms with van der Waals surface area (Å²) in [5.74, 6) is -0.195. The Kier molecular flexibility index (Phi) is 6.03. The average Bonchev–Trinajstić information content (AvgIpc) is 2.58. The van der Waals surface area contributed by atoms with E-state index >= 15 is 0 Å². The Morgan fingerprint density at radius 3 is 2.48 bits per heavy atom. The van der Waals surface area contributed by atoms with Crippen LogP contribution in [-0.4, -0.2) is 24.8 Å². The number of carboxylic acids is 1. The summed E-state index contributed by atoms with van der Waals surface area (Å²) in [6.07, 6.45) is 1.23. The largest absolute Gasteiger partial charge is 0.493 e. The van der Waals surface area contributed by atoms with Crippen molar-refractivity contribution < 1.29 is 19.4 Å². The van der Waals surface area contributed by atoms with Gasteiger partial charge in [-0.05, 0) is 30.0 Å². The SMILES string of the molecule is CCCOc1c(CC(C(=O)O)c2ccccc2)cccc1OC. The molecule has 4 heteroatoms. The zero-order valence-corrected chi connectivity index (χ0v) is 13.5. The Morgan fingerprint density at radius 1 is 1.13 bits per heavy atom. The number of carbonyl (C=O) groups is 1. The molecule has 0 aliphatic heterocycles. The predicted molar refractivity (Wildman–Crippen MR) is 89.3 cm³/mol. The molecule has 1 unspecified atom stereocenters. The van der Waals surface area contributed by atoms with E-state index in [9.17, 15) is 9.90 Å². The normalized spacial score (nSPS) is 11.7. The number of benzene rings is 2. The van der Waals surface area contributed by atoms with Gasteiger partial charge < -0.3 is 14.6 Å². The number of carboxylic acid groups (broad SMARTS) is 1. The Bertz CT molecular complexity index is 637. The third kappa shape index (κ3) is 4.25. The maximum atomic E-state index is 11.7. The highest BCUT2D eigenvalue weighted by atomic mass is 16.5. The molecule has 4 nitrogen and oxygen atoms in total. The van der Waals surface area contributed by atoms with Crippen LogP contribution in [0.4, 0.5) is 0 Å². The van der Waals surface area contributed by atoms with Crippen molar-refractivity contribution in [1.82, 2.24) is 0 Å². The molecular formula is C19H22O4. The molecule has 0 amide bonds. The van der Waals surface area contributed by atoms with Gasteiger partial charge in [0.2, 0.25) is 0 Å². The van der Waals surface area contributed by atoms with Crippen LogP contribution in [0.15, 0.2) is 48.5 Å². The molecule has 0 saturated heterocycles. The quantitative estimate of drug-likeness (QED) is 0.803. The van der Waals surface area contributed by atoms with Gasteiger partial charge in [-0.25, -0.2) is 0 Å². The van der Waals surface area contributed by atoms with Crippen molar-refractivity contribution in [3.05, 3.63) is 59.7 Å². The summed E-state index contributed by atoms with van der Waals surface area (Å²) in [6.45, 7) is 2.59. The second kappa shape index (κ2) is 8.22. The number of methoxy groups -OCH3 is 1. The fourth-order valence-electron chi connectivity index (χ4n) is 2.50. The van der Waals surface area contributed by atoms with Crippen LogP contribution in [0, 0.1) is 0 Å². The third-order valence-corrected chi connectivity index (χ3v) is 3.65. The van der Waals surface area contributed by atoms with Crippen LogP contribution in [0.1, 0.15) is 30.4 Å². The summed E-state index contributed by atoms with van der Waals surface area (Å²) < 4.78 is 11.2. The molecule has 2 rings (SSSR count). The summed E-state index contributed by atoms with van der Waals surface area (Å²) in [5, 5.41) is 9.61. The van der Waals surface area contributed by atoms with Gasteiger partial charge in [0, 0.05) is 0 Å². The molecule has 0 bridgehead atoms. The maximum absolute atomic E-state index is 11.7. The molecule has 0 fully saturated rings. The molecule has 122 valence electrons. The van der Waals surface area contributed by atoms with Gasteiger partial charge in [0.1, 0.15) is 0 Å². The van der Waals surface area contributed by atoms with E-state index < -0.39 is 11.9 Å². The van der Waals surface area contributed by atoms with Crippen molar-refractivity contribution >= 4 is 5.97 Å². The second-order valence-electron chi connectivity index (χ2n) is 5.30. The van der Waals surface area contributed by atoms with E-state index in [-0.39, 0.29) is 0 Å². The Balaban J connectivity index is 2.34. The monoisotopic (exact) mass is 314 g/mol. The lowest BCUT2D eigenvalue weighted by Crippen LogP contribution is -2.15. The Morgan fingerprint density at radius 2 is 1.87 bits per heavy atom. The van der Waals surface area contributed by atoms with Gasteiger partial charge in [-0.3, -0.25) is 4.79 Å². The first kappa shape index (κ1) is 16.9. The summed E-state index contributed by atoms with van der Waals surface area (Å²) in [6, 6.07) is 14.8. The summed E-state index contributed by atoms with van der Waals surface area (Å²) in [7, 11) is 1.59. The molecule has 0 aliphatic carbocycles. The molecular weight excluding hydrogens is 292 g/mol. The van der Waals surface area contributed by atoms with Gasteiger partial charge in [0.25, 0.3) is 0 Å². The van der Waals surface area contributed by atoms with E-state index in [2.05, 4.69) is 0 Å². The standard InChI is InChI=1S/C19H22O4/c1-3-12-23-18-15(10-7-11-17(18)22-2)13-16(19(20)21)14-8-5-4-6-9-14/h4-11,16H,3,12-13H2,1-2H3,(H,20,21). The van der Waals surface area contributed by atoms with Gasteiger partial charge in [-0.15, -0.1) is 0 Å². The van der Waals surface area contributed by atoms with Crippen LogP contribution < -0.4 is 9.47 Å². The van der Waals surface area contributed by atoms with Crippen molar-refractivity contribution in [2.75, 3.05) is 13.7 Å². The zero-order valence-electron chi connectivity index (χ0n) is 13.5. The number of para-hydroxylation sites is 1. The van der Waals surface area contributed by atoms with Crippen LogP contribution in [0.3, 0.4) is 0 Å². The number of hydrogen-bond acceptors (Lipinski definition) is 3. The molecule has 2 aromatic carbocycles. The van der Waals surface area contributed by atoms with Gasteiger partial charge in [-0.1, -0.05) is 49.4 Å². The molecule has 0 saturated carbocycles. The molecule has 23 heavy (non-hydrogen) atoms. The topological polar surface area (TPSA) is 55.8 Å². The smallest absolute Gasteiger partial charge is 0.311 e. The van der Waals surface area contributed by atoms with Crippen molar-refractivity contribution in [1.29, 1.82) is 0 Å². The average molecular weight is 314 g/mol. The van der Waals surface area contributed by atoms with Gasteiger partial charge in [0.05, 0.1) is 19.6 Å². The molecule has 2 aromatic rings. The number of ether oxygens (including phenoxy) is 2. The summed E-state index contributed by atoms with van der Waals surface area (Å²) in [4.78, 5) is 11.7. The fraction of sp³-hybridized carbons (Fsp3) is 0.316. The molecule has 1 atom stereocenters. The van der Waals surface area contributed by atoms with Crippen LogP contribution in [0.5, 0.6) is 11.5 Å². The lowest BCUT2D eigenvalue weighted by molar-refractivity contribution is -0.138. The lowest BCUT2D eigenvalue weighted by atomic mass is 9.91. The van der Waals surface area contributed by atoms with Gasteiger partial charge in [0.15, 0.2) is 11.5 Å². The number of rotatable bonds is 8. The van der Waals surface area contributed by atoms with E-state index in [1.807, 2.05) is 55.5 Å². The molecule has 1 N–H and O–H groups in total. The molecule has 0 spiro atoms. The minimum atomic E-state index is -0.847. The maximum Gasteiger partial charge on any atom is 0.311 e. The highest BCUT2D eigenvalue weighted by molar-refractivity contribution is 5.76. The van der Waals surface area contributed by atoms with Crippen LogP contribution in [0.2, 0.25) is 0 Å². The number of aliphatic carboxylic acids is 1. The fourth-order valence-corrected chi connectivity index (χ4v) is 2.50. The van der Waals surface area contributed by atoms with E-state index in [0.29, 0.717) is 24.5 Å². The molecule has 0 aromatic heterocycles. The van der Waals surface area contributed by atoms with Gasteiger partial charge >= 0.3 is 5.97 Å². The lowest BCUT2D eigenvalue weighted by Gasteiger charge is -2.18. The van der Waals surface area contributed by atoms with Crippen molar-refractivity contribution in [2.24, 2.45) is 0 Å². The van der Waals surface area contributed by atoms with E-state index in [1.54, 1.807) is 7.11 Å². The minimum absolute atomic E-state index is 0.357. The number of hydrogen-bond donors (Lipinski definition) is 1. The molecule has 0 radical (unpaired) electrons. The van der Waals surface area contributed by atoms with E-state index in [1.165, 1.54) is 0 Å². The van der Waals surface area contributed by atoms with Crippen molar-refractivity contribution in [3.63, 3.8) is 0 Å². The van der Waals surface area contributed by atoms with E-state index in [0.717, 1.165) is 17.5 Å². The first-order valence-electron chi connectivity index (χ1n) is 7.73. The van der Waals surface area contributed by atoms with Crippen molar-refractivity contribution in [3.8, 4) is 11.5 Å². The molecule has 0 heterocycles. The predicted octanol–water partition coefficient (Wildman–Crippen LogP) is 3.89. The highest BCUT2D eigenvalue weighted by Crippen LogP contribution is 2.34. The van der Waals surface area contributed by atoms with Gasteiger partial charge in [-0.2, -0.15) is 0 Å². The first-order chi connectivity index (χ1) is 11.2. The van der Waals surface area contributed by atoms with Crippen LogP contribution in [-0.2, 0) is 11.2 Å². The minimum Gasteiger partial charge on any atom is -0.493 e. The summed E-state index contributed by atoms with van der Waals surface area (Å²) >= 11 is 0. The Labute approximate surface area is 136 Å². The van der Waals surface area contributed by atoms with Crippen LogP contribution >= 0.6 is 0 Å². The third-order valence-electron chi connectivity index (χ3n) is 3.65. The highest BCUT2D eigenvalue weighted by Gasteiger charge is 2.23.